The number of hydrogen-bond acceptors (Lipinski definition) is 7. The number of anilines is 2. The standard InChI is InChI=1S/C32H27N5O6S/c1-20(30(39)35-26-13-7-6-12-25(26)29(33)38)44-24-17-15-23(16-18-24)34-32(41)27(36-31(40)21-9-3-2-4-10-21)19-22-11-5-8-14-28(22)37(42)43/h2-20H,1H3,(H2,33,38)(H,34,41)(H,35,39)(H,36,40)/b27-19-. The van der Waals surface area contributed by atoms with E-state index in [-0.39, 0.29) is 28.4 Å². The Kier molecular flexibility index (Phi) is 10.2. The van der Waals surface area contributed by atoms with E-state index in [9.17, 15) is 29.3 Å². The van der Waals surface area contributed by atoms with Crippen LogP contribution in [0.3, 0.4) is 0 Å². The summed E-state index contributed by atoms with van der Waals surface area (Å²) in [5.74, 6) is -2.25. The van der Waals surface area contributed by atoms with Gasteiger partial charge in [0.05, 0.1) is 27.0 Å². The fraction of sp³-hybridized carbons (Fsp3) is 0.0625. The van der Waals surface area contributed by atoms with Crippen LogP contribution < -0.4 is 21.7 Å². The number of amides is 4. The Balaban J connectivity index is 1.48. The van der Waals surface area contributed by atoms with E-state index >= 15 is 0 Å². The Morgan fingerprint density at radius 2 is 1.48 bits per heavy atom. The Morgan fingerprint density at radius 3 is 2.16 bits per heavy atom. The van der Waals surface area contributed by atoms with Crippen molar-refractivity contribution in [1.29, 1.82) is 0 Å². The van der Waals surface area contributed by atoms with Crippen molar-refractivity contribution < 1.29 is 24.1 Å². The zero-order chi connectivity index (χ0) is 31.6. The van der Waals surface area contributed by atoms with E-state index in [1.54, 1.807) is 85.8 Å². The van der Waals surface area contributed by atoms with Crippen molar-refractivity contribution in [2.24, 2.45) is 5.73 Å². The third-order valence-electron chi connectivity index (χ3n) is 6.21. The third kappa shape index (κ3) is 8.17. The summed E-state index contributed by atoms with van der Waals surface area (Å²) in [6.07, 6.45) is 1.25. The maximum absolute atomic E-state index is 13.3. The molecule has 1 atom stereocenters. The van der Waals surface area contributed by atoms with Gasteiger partial charge in [0.2, 0.25) is 5.91 Å². The number of rotatable bonds is 11. The number of hydrogen-bond donors (Lipinski definition) is 4. The molecule has 11 nitrogen and oxygen atoms in total. The predicted octanol–water partition coefficient (Wildman–Crippen LogP) is 5.22. The van der Waals surface area contributed by atoms with Crippen molar-refractivity contribution >= 4 is 58.5 Å². The number of nitro groups is 1. The van der Waals surface area contributed by atoms with Crippen LogP contribution in [0.1, 0.15) is 33.2 Å². The normalized spacial score (nSPS) is 11.6. The molecule has 4 aromatic carbocycles. The molecule has 0 radical (unpaired) electrons. The Labute approximate surface area is 256 Å². The van der Waals surface area contributed by atoms with Gasteiger partial charge in [0, 0.05) is 22.2 Å². The van der Waals surface area contributed by atoms with E-state index in [1.807, 2.05) is 0 Å². The Hall–Kier alpha value is -5.75. The molecule has 12 heteroatoms. The average Bonchev–Trinajstić information content (AvgIpc) is 3.02. The van der Waals surface area contributed by atoms with Crippen molar-refractivity contribution in [3.05, 3.63) is 136 Å². The van der Waals surface area contributed by atoms with Crippen molar-refractivity contribution in [3.63, 3.8) is 0 Å². The largest absolute Gasteiger partial charge is 0.366 e. The van der Waals surface area contributed by atoms with Crippen LogP contribution in [0.15, 0.2) is 114 Å². The smallest absolute Gasteiger partial charge is 0.276 e. The summed E-state index contributed by atoms with van der Waals surface area (Å²) in [6, 6.07) is 27.2. The van der Waals surface area contributed by atoms with Crippen molar-refractivity contribution in [1.82, 2.24) is 5.32 Å². The predicted molar refractivity (Wildman–Crippen MR) is 169 cm³/mol. The summed E-state index contributed by atoms with van der Waals surface area (Å²) in [7, 11) is 0. The topological polar surface area (TPSA) is 174 Å². The fourth-order valence-electron chi connectivity index (χ4n) is 3.99. The molecule has 4 aromatic rings. The number of nitrogens with two attached hydrogens (primary N) is 1. The molecule has 0 bridgehead atoms. The second kappa shape index (κ2) is 14.4. The molecule has 222 valence electrons. The molecular formula is C32H27N5O6S. The highest BCUT2D eigenvalue weighted by molar-refractivity contribution is 8.00. The molecule has 0 saturated carbocycles. The number of thioether (sulfide) groups is 1. The second-order valence-electron chi connectivity index (χ2n) is 9.33. The Morgan fingerprint density at radius 1 is 0.841 bits per heavy atom. The van der Waals surface area contributed by atoms with Crippen molar-refractivity contribution in [2.45, 2.75) is 17.1 Å². The second-order valence-corrected chi connectivity index (χ2v) is 10.7. The van der Waals surface area contributed by atoms with E-state index in [1.165, 1.54) is 42.1 Å². The first kappa shape index (κ1) is 31.2. The van der Waals surface area contributed by atoms with Crippen LogP contribution in [0.4, 0.5) is 17.1 Å². The molecule has 0 aliphatic rings. The van der Waals surface area contributed by atoms with Crippen LogP contribution in [-0.4, -0.2) is 33.8 Å². The van der Waals surface area contributed by atoms with E-state index in [2.05, 4.69) is 16.0 Å². The monoisotopic (exact) mass is 609 g/mol. The number of carbonyl (C=O) groups excluding carboxylic acids is 4. The van der Waals surface area contributed by atoms with Crippen LogP contribution in [0.25, 0.3) is 6.08 Å². The van der Waals surface area contributed by atoms with Crippen LogP contribution in [-0.2, 0) is 9.59 Å². The van der Waals surface area contributed by atoms with Gasteiger partial charge in [0.1, 0.15) is 5.70 Å². The molecule has 0 aliphatic carbocycles. The number of benzene rings is 4. The molecule has 0 aliphatic heterocycles. The maximum atomic E-state index is 13.3. The molecule has 0 heterocycles. The highest BCUT2D eigenvalue weighted by atomic mass is 32.2. The highest BCUT2D eigenvalue weighted by Crippen LogP contribution is 2.27. The maximum Gasteiger partial charge on any atom is 0.276 e. The molecule has 1 unspecified atom stereocenters. The number of nitrogens with one attached hydrogen (secondary N) is 3. The number of primary amides is 1. The van der Waals surface area contributed by atoms with Crippen LogP contribution in [0.5, 0.6) is 0 Å². The number of carbonyl (C=O) groups is 4. The van der Waals surface area contributed by atoms with Crippen LogP contribution in [0.2, 0.25) is 0 Å². The minimum Gasteiger partial charge on any atom is -0.366 e. The summed E-state index contributed by atoms with van der Waals surface area (Å²) in [4.78, 5) is 62.3. The number of nitro benzene ring substituents is 1. The quantitative estimate of drug-likeness (QED) is 0.0780. The van der Waals surface area contributed by atoms with E-state index < -0.39 is 27.9 Å². The van der Waals surface area contributed by atoms with Crippen molar-refractivity contribution in [3.8, 4) is 0 Å². The van der Waals surface area contributed by atoms with Gasteiger partial charge >= 0.3 is 0 Å². The van der Waals surface area contributed by atoms with Crippen molar-refractivity contribution in [2.75, 3.05) is 10.6 Å². The molecular weight excluding hydrogens is 582 g/mol. The molecule has 4 amide bonds. The third-order valence-corrected chi connectivity index (χ3v) is 7.32. The zero-order valence-electron chi connectivity index (χ0n) is 23.4. The van der Waals surface area contributed by atoms with Gasteiger partial charge in [0.15, 0.2) is 0 Å². The van der Waals surface area contributed by atoms with Gasteiger partial charge in [-0.05, 0) is 67.6 Å². The summed E-state index contributed by atoms with van der Waals surface area (Å²) >= 11 is 1.26. The van der Waals surface area contributed by atoms with Gasteiger partial charge in [-0.1, -0.05) is 42.5 Å². The van der Waals surface area contributed by atoms with Crippen LogP contribution in [0, 0.1) is 10.1 Å². The lowest BCUT2D eigenvalue weighted by Gasteiger charge is -2.14. The average molecular weight is 610 g/mol. The first-order valence-corrected chi connectivity index (χ1v) is 14.1. The van der Waals surface area contributed by atoms with Gasteiger partial charge in [0.25, 0.3) is 23.4 Å². The van der Waals surface area contributed by atoms with Gasteiger partial charge in [-0.15, -0.1) is 11.8 Å². The number of para-hydroxylation sites is 2. The molecule has 0 aromatic heterocycles. The zero-order valence-corrected chi connectivity index (χ0v) is 24.2. The first-order chi connectivity index (χ1) is 21.1. The minimum absolute atomic E-state index is 0.133. The van der Waals surface area contributed by atoms with Gasteiger partial charge in [-0.3, -0.25) is 29.3 Å². The molecule has 4 rings (SSSR count). The highest BCUT2D eigenvalue weighted by Gasteiger charge is 2.20. The molecule has 44 heavy (non-hydrogen) atoms. The van der Waals surface area contributed by atoms with Gasteiger partial charge < -0.3 is 21.7 Å². The molecule has 0 saturated heterocycles. The SMILES string of the molecule is CC(Sc1ccc(NC(=O)/C(=C/c2ccccc2[N+](=O)[O-])NC(=O)c2ccccc2)cc1)C(=O)Nc1ccccc1C(N)=O. The summed E-state index contributed by atoms with van der Waals surface area (Å²) < 4.78 is 0. The number of nitrogens with zero attached hydrogens (tertiary/aromatic N) is 1. The summed E-state index contributed by atoms with van der Waals surface area (Å²) in [5.41, 5.74) is 6.29. The minimum atomic E-state index is -0.700. The van der Waals surface area contributed by atoms with Gasteiger partial charge in [-0.25, -0.2) is 0 Å². The summed E-state index contributed by atoms with van der Waals surface area (Å²) in [6.45, 7) is 1.71. The Bertz CT molecular complexity index is 1740. The first-order valence-electron chi connectivity index (χ1n) is 13.2. The molecule has 0 fully saturated rings. The molecule has 0 spiro atoms. The lowest BCUT2D eigenvalue weighted by atomic mass is 10.1. The lowest BCUT2D eigenvalue weighted by Crippen LogP contribution is -2.30. The fourth-order valence-corrected chi connectivity index (χ4v) is 4.86. The van der Waals surface area contributed by atoms with Crippen LogP contribution >= 0.6 is 11.8 Å². The van der Waals surface area contributed by atoms with E-state index in [4.69, 9.17) is 5.73 Å². The molecule has 5 N–H and O–H groups in total. The lowest BCUT2D eigenvalue weighted by molar-refractivity contribution is -0.385. The summed E-state index contributed by atoms with van der Waals surface area (Å²) in [5, 5.41) is 19.0. The van der Waals surface area contributed by atoms with Gasteiger partial charge in [-0.2, -0.15) is 0 Å². The van der Waals surface area contributed by atoms with E-state index in [0.717, 1.165) is 4.90 Å². The van der Waals surface area contributed by atoms with E-state index in [0.29, 0.717) is 16.9 Å².